The number of halogens is 1. The third kappa shape index (κ3) is 3.58. The van der Waals surface area contributed by atoms with Gasteiger partial charge in [0.2, 0.25) is 0 Å². The van der Waals surface area contributed by atoms with Crippen LogP contribution in [0.15, 0.2) is 45.6 Å². The molecule has 0 saturated heterocycles. The van der Waals surface area contributed by atoms with Gasteiger partial charge in [-0.2, -0.15) is 0 Å². The average Bonchev–Trinajstić information content (AvgIpc) is 3.27. The first-order valence-electron chi connectivity index (χ1n) is 10.5. The van der Waals surface area contributed by atoms with E-state index in [0.717, 1.165) is 22.2 Å². The molecule has 0 spiro atoms. The van der Waals surface area contributed by atoms with Crippen LogP contribution in [0.4, 0.5) is 0 Å². The summed E-state index contributed by atoms with van der Waals surface area (Å²) >= 11 is 6.70. The highest BCUT2D eigenvalue weighted by Gasteiger charge is 2.23. The molecule has 0 bridgehead atoms. The normalized spacial score (nSPS) is 17.5. The monoisotopic (exact) mass is 463 g/mol. The third-order valence-corrected chi connectivity index (χ3v) is 6.68. The number of hydrogen-bond donors (Lipinski definition) is 1. The Hall–Kier alpha value is -3.58. The summed E-state index contributed by atoms with van der Waals surface area (Å²) < 4.78 is 9.17. The van der Waals surface area contributed by atoms with Gasteiger partial charge in [-0.25, -0.2) is 14.6 Å². The Morgan fingerprint density at radius 2 is 1.88 bits per heavy atom. The van der Waals surface area contributed by atoms with E-state index in [1.54, 1.807) is 42.3 Å². The van der Waals surface area contributed by atoms with Crippen molar-refractivity contribution < 1.29 is 14.3 Å². The fraction of sp³-hybridized carbons (Fsp3) is 0.240. The quantitative estimate of drug-likeness (QED) is 0.469. The van der Waals surface area contributed by atoms with E-state index in [1.165, 1.54) is 0 Å². The van der Waals surface area contributed by atoms with Crippen LogP contribution >= 0.6 is 11.6 Å². The zero-order valence-electron chi connectivity index (χ0n) is 18.4. The molecule has 8 heteroatoms. The van der Waals surface area contributed by atoms with E-state index in [9.17, 15) is 14.7 Å². The van der Waals surface area contributed by atoms with Gasteiger partial charge in [-0.05, 0) is 54.0 Å². The van der Waals surface area contributed by atoms with Crippen molar-refractivity contribution in [2.45, 2.75) is 24.6 Å². The molecule has 5 rings (SSSR count). The Morgan fingerprint density at radius 3 is 2.64 bits per heavy atom. The molecule has 33 heavy (non-hydrogen) atoms. The maximum Gasteiger partial charge on any atom is 0.335 e. The molecule has 1 N–H and O–H groups in total. The predicted octanol–water partition coefficient (Wildman–Crippen LogP) is 2.43. The van der Waals surface area contributed by atoms with Gasteiger partial charge < -0.3 is 9.52 Å². The maximum absolute atomic E-state index is 12.3. The van der Waals surface area contributed by atoms with Crippen LogP contribution in [-0.2, 0) is 20.5 Å². The molecular weight excluding hydrogens is 442 g/mol. The zero-order chi connectivity index (χ0) is 23.4. The molecule has 168 valence electrons. The van der Waals surface area contributed by atoms with Crippen LogP contribution in [0.5, 0.6) is 0 Å². The summed E-state index contributed by atoms with van der Waals surface area (Å²) in [6.07, 6.45) is 4.22. The summed E-state index contributed by atoms with van der Waals surface area (Å²) in [5.74, 6) is -0.587. The molecule has 0 radical (unpaired) electrons. The van der Waals surface area contributed by atoms with Crippen molar-refractivity contribution in [1.29, 1.82) is 0 Å². The molecule has 1 aliphatic rings. The number of imidazole rings is 1. The summed E-state index contributed by atoms with van der Waals surface area (Å²) in [4.78, 5) is 28.3. The van der Waals surface area contributed by atoms with Crippen molar-refractivity contribution in [2.24, 2.45) is 14.1 Å². The molecular formula is C25H22ClN3O4. The average molecular weight is 464 g/mol. The Morgan fingerprint density at radius 1 is 1.12 bits per heavy atom. The van der Waals surface area contributed by atoms with Gasteiger partial charge in [0.25, 0.3) is 0 Å². The summed E-state index contributed by atoms with van der Waals surface area (Å²) in [6.45, 7) is 1.77. The van der Waals surface area contributed by atoms with Gasteiger partial charge >= 0.3 is 11.7 Å². The Labute approximate surface area is 193 Å². The number of rotatable bonds is 4. The lowest BCUT2D eigenvalue weighted by atomic mass is 9.92. The van der Waals surface area contributed by atoms with Crippen LogP contribution in [0.3, 0.4) is 0 Å². The molecule has 0 saturated carbocycles. The number of oxazole rings is 1. The number of nitrogens with zero attached hydrogens (tertiary/aromatic N) is 3. The first kappa shape index (κ1) is 21.3. The van der Waals surface area contributed by atoms with Gasteiger partial charge in [-0.3, -0.25) is 9.13 Å². The minimum absolute atomic E-state index is 0.0747. The topological polar surface area (TPSA) is 90.3 Å². The van der Waals surface area contributed by atoms with Crippen LogP contribution in [-0.4, -0.2) is 30.6 Å². The van der Waals surface area contributed by atoms with E-state index in [1.807, 2.05) is 36.4 Å². The molecule has 0 aliphatic heterocycles. The predicted molar refractivity (Wildman–Crippen MR) is 126 cm³/mol. The minimum atomic E-state index is -0.955. The third-order valence-electron chi connectivity index (χ3n) is 6.29. The van der Waals surface area contributed by atoms with Crippen molar-refractivity contribution in [3.63, 3.8) is 0 Å². The minimum Gasteiger partial charge on any atom is -0.478 e. The molecule has 0 fully saturated rings. The molecule has 2 unspecified atom stereocenters. The van der Waals surface area contributed by atoms with Gasteiger partial charge in [0.1, 0.15) is 5.35 Å². The van der Waals surface area contributed by atoms with Crippen molar-refractivity contribution >= 4 is 40.8 Å². The number of aromatic nitrogens is 3. The van der Waals surface area contributed by atoms with Gasteiger partial charge in [0.05, 0.1) is 22.0 Å². The molecule has 0 amide bonds. The zero-order valence-corrected chi connectivity index (χ0v) is 19.1. The number of carbonyl (C=O) groups is 1. The number of aromatic carboxylic acids is 1. The van der Waals surface area contributed by atoms with Crippen molar-refractivity contribution in [3.05, 3.63) is 85.8 Å². The summed E-state index contributed by atoms with van der Waals surface area (Å²) in [7, 11) is 3.51. The first-order chi connectivity index (χ1) is 15.7. The fourth-order valence-electron chi connectivity index (χ4n) is 4.41. The van der Waals surface area contributed by atoms with Crippen molar-refractivity contribution in [2.75, 3.05) is 0 Å². The molecule has 2 aromatic carbocycles. The molecule has 4 aromatic rings. The van der Waals surface area contributed by atoms with Gasteiger partial charge in [-0.1, -0.05) is 18.2 Å². The highest BCUT2D eigenvalue weighted by molar-refractivity contribution is 6.25. The van der Waals surface area contributed by atoms with E-state index >= 15 is 0 Å². The highest BCUT2D eigenvalue weighted by atomic mass is 35.5. The summed E-state index contributed by atoms with van der Waals surface area (Å²) in [5, 5.41) is 9.74. The second kappa shape index (κ2) is 7.78. The Balaban J connectivity index is 1.51. The first-order valence-corrected chi connectivity index (χ1v) is 11.0. The Kier molecular flexibility index (Phi) is 5.01. The van der Waals surface area contributed by atoms with Crippen LogP contribution in [0.2, 0.25) is 0 Å². The number of benzene rings is 2. The van der Waals surface area contributed by atoms with Crippen molar-refractivity contribution in [3.8, 4) is 0 Å². The molecule has 7 nitrogen and oxygen atoms in total. The lowest BCUT2D eigenvalue weighted by molar-refractivity contribution is 0.0696. The maximum atomic E-state index is 12.3. The Bertz CT molecular complexity index is 1610. The van der Waals surface area contributed by atoms with E-state index in [0.29, 0.717) is 28.6 Å². The number of carboxylic acids is 1. The SMILES string of the molecule is Cc1ccc(Cc2nc3c(o2)=CC(Cl)C(c2ccc4c(c2)n(C)c(=O)n4C)C=3)cc1C(=O)O. The van der Waals surface area contributed by atoms with Gasteiger partial charge in [-0.15, -0.1) is 11.6 Å². The van der Waals surface area contributed by atoms with Gasteiger partial charge in [0.15, 0.2) is 11.3 Å². The molecule has 2 heterocycles. The number of fused-ring (bicyclic) bond motifs is 2. The number of alkyl halides is 1. The molecule has 1 aliphatic carbocycles. The summed E-state index contributed by atoms with van der Waals surface area (Å²) in [5.41, 5.74) is 5.02. The largest absolute Gasteiger partial charge is 0.478 e. The van der Waals surface area contributed by atoms with E-state index in [4.69, 9.17) is 16.0 Å². The molecule has 2 atom stereocenters. The smallest absolute Gasteiger partial charge is 0.335 e. The second-order valence-corrected chi connectivity index (χ2v) is 8.94. The number of hydrogen-bond acceptors (Lipinski definition) is 4. The summed E-state index contributed by atoms with van der Waals surface area (Å²) in [6, 6.07) is 11.2. The van der Waals surface area contributed by atoms with Crippen LogP contribution < -0.4 is 16.5 Å². The van der Waals surface area contributed by atoms with E-state index in [-0.39, 0.29) is 22.5 Å². The lowest BCUT2D eigenvalue weighted by Crippen LogP contribution is -2.31. The highest BCUT2D eigenvalue weighted by Crippen LogP contribution is 2.30. The lowest BCUT2D eigenvalue weighted by Gasteiger charge is -2.18. The van der Waals surface area contributed by atoms with Crippen LogP contribution in [0.1, 0.15) is 38.9 Å². The standard InChI is InChI=1S/C25H22ClN3O4/c1-13-4-5-14(8-16(13)24(30)31)9-23-27-19-11-17(18(26)12-22(19)33-23)15-6-7-20-21(10-15)29(3)25(32)28(20)2/h4-8,10-12,17-18H,9H2,1-3H3,(H,30,31). The van der Waals surface area contributed by atoms with E-state index in [2.05, 4.69) is 4.98 Å². The van der Waals surface area contributed by atoms with Crippen LogP contribution in [0.25, 0.3) is 23.2 Å². The fourth-order valence-corrected chi connectivity index (χ4v) is 4.74. The van der Waals surface area contributed by atoms with Gasteiger partial charge in [0, 0.05) is 26.4 Å². The van der Waals surface area contributed by atoms with Crippen molar-refractivity contribution in [1.82, 2.24) is 14.1 Å². The van der Waals surface area contributed by atoms with E-state index < -0.39 is 5.97 Å². The number of carboxylic acid groups (broad SMARTS) is 1. The number of aryl methyl sites for hydroxylation is 3. The van der Waals surface area contributed by atoms with Crippen LogP contribution in [0, 0.1) is 6.92 Å². The molecule has 2 aromatic heterocycles. The second-order valence-electron chi connectivity index (χ2n) is 8.44.